The number of hydrogen-bond donors (Lipinski definition) is 2. The molecule has 0 bridgehead atoms. The summed E-state index contributed by atoms with van der Waals surface area (Å²) in [6.07, 6.45) is 0.976. The molecular formula is C9H16O2. The number of allylic oxidation sites excluding steroid dienone is 1. The maximum atomic E-state index is 8.96. The van der Waals surface area contributed by atoms with E-state index in [1.54, 1.807) is 0 Å². The van der Waals surface area contributed by atoms with E-state index in [0.29, 0.717) is 5.92 Å². The Kier molecular flexibility index (Phi) is 2.68. The highest BCUT2D eigenvalue weighted by molar-refractivity contribution is 5.23. The van der Waals surface area contributed by atoms with Gasteiger partial charge in [0.1, 0.15) is 0 Å². The largest absolute Gasteiger partial charge is 0.396 e. The molecular weight excluding hydrogens is 140 g/mol. The van der Waals surface area contributed by atoms with Crippen LogP contribution in [0.2, 0.25) is 0 Å². The molecule has 0 aromatic heterocycles. The van der Waals surface area contributed by atoms with Crippen molar-refractivity contribution in [3.63, 3.8) is 0 Å². The molecule has 2 N–H and O–H groups in total. The van der Waals surface area contributed by atoms with Crippen LogP contribution in [0.4, 0.5) is 0 Å². The molecule has 0 unspecified atom stereocenters. The average molecular weight is 156 g/mol. The first kappa shape index (κ1) is 8.75. The highest BCUT2D eigenvalue weighted by Gasteiger charge is 2.34. The second-order valence-corrected chi connectivity index (χ2v) is 3.46. The normalized spacial score (nSPS) is 30.0. The summed E-state index contributed by atoms with van der Waals surface area (Å²) >= 11 is 0. The Balaban J connectivity index is 2.59. The van der Waals surface area contributed by atoms with Crippen molar-refractivity contribution in [3.05, 3.63) is 11.1 Å². The van der Waals surface area contributed by atoms with E-state index in [1.165, 1.54) is 11.1 Å². The van der Waals surface area contributed by atoms with Gasteiger partial charge in [0.05, 0.1) is 0 Å². The molecule has 0 aromatic carbocycles. The molecule has 0 amide bonds. The molecule has 0 aromatic rings. The third-order valence-corrected chi connectivity index (χ3v) is 2.57. The van der Waals surface area contributed by atoms with Gasteiger partial charge in [0.25, 0.3) is 0 Å². The summed E-state index contributed by atoms with van der Waals surface area (Å²) in [5.41, 5.74) is 2.64. The van der Waals surface area contributed by atoms with Crippen molar-refractivity contribution in [3.8, 4) is 0 Å². The summed E-state index contributed by atoms with van der Waals surface area (Å²) in [7, 11) is 0. The average Bonchev–Trinajstić information content (AvgIpc) is 1.86. The van der Waals surface area contributed by atoms with E-state index in [9.17, 15) is 0 Å². The standard InChI is InChI=1S/C9H16O2/c1-6(2)8-3-7(4-10)9(8)5-11/h7,9-11H,3-5H2,1-2H3/t7-,9-/m1/s1. The zero-order valence-corrected chi connectivity index (χ0v) is 7.17. The summed E-state index contributed by atoms with van der Waals surface area (Å²) in [4.78, 5) is 0. The molecule has 2 nitrogen and oxygen atoms in total. The van der Waals surface area contributed by atoms with Gasteiger partial charge in [-0.15, -0.1) is 0 Å². The first-order chi connectivity index (χ1) is 5.20. The van der Waals surface area contributed by atoms with Crippen LogP contribution in [0.3, 0.4) is 0 Å². The maximum absolute atomic E-state index is 8.96. The predicted molar refractivity (Wildman–Crippen MR) is 44.1 cm³/mol. The van der Waals surface area contributed by atoms with Crippen LogP contribution >= 0.6 is 0 Å². The lowest BCUT2D eigenvalue weighted by Crippen LogP contribution is -2.35. The number of aliphatic hydroxyl groups is 2. The van der Waals surface area contributed by atoms with Crippen LogP contribution in [0.15, 0.2) is 11.1 Å². The molecule has 1 aliphatic rings. The van der Waals surface area contributed by atoms with Crippen molar-refractivity contribution in [2.24, 2.45) is 11.8 Å². The summed E-state index contributed by atoms with van der Waals surface area (Å²) in [5.74, 6) is 0.551. The predicted octanol–water partition coefficient (Wildman–Crippen LogP) is 0.944. The van der Waals surface area contributed by atoms with Gasteiger partial charge in [-0.1, -0.05) is 11.1 Å². The Bertz CT molecular complexity index is 168. The summed E-state index contributed by atoms with van der Waals surface area (Å²) in [6, 6.07) is 0. The molecule has 0 spiro atoms. The van der Waals surface area contributed by atoms with Crippen molar-refractivity contribution < 1.29 is 10.2 Å². The fraction of sp³-hybridized carbons (Fsp3) is 0.778. The molecule has 11 heavy (non-hydrogen) atoms. The van der Waals surface area contributed by atoms with Crippen molar-refractivity contribution in [1.29, 1.82) is 0 Å². The van der Waals surface area contributed by atoms with E-state index >= 15 is 0 Å². The van der Waals surface area contributed by atoms with Crippen LogP contribution in [0.1, 0.15) is 20.3 Å². The highest BCUT2D eigenvalue weighted by Crippen LogP contribution is 2.40. The van der Waals surface area contributed by atoms with Gasteiger partial charge in [-0.2, -0.15) is 0 Å². The van der Waals surface area contributed by atoms with Crippen LogP contribution in [-0.2, 0) is 0 Å². The second-order valence-electron chi connectivity index (χ2n) is 3.46. The molecule has 1 aliphatic carbocycles. The van der Waals surface area contributed by atoms with E-state index < -0.39 is 0 Å². The molecule has 1 saturated carbocycles. The smallest absolute Gasteiger partial charge is 0.0500 e. The van der Waals surface area contributed by atoms with Crippen LogP contribution in [0, 0.1) is 11.8 Å². The van der Waals surface area contributed by atoms with E-state index in [0.717, 1.165) is 6.42 Å². The Hall–Kier alpha value is -0.340. The van der Waals surface area contributed by atoms with Gasteiger partial charge in [0.15, 0.2) is 0 Å². The Morgan fingerprint density at radius 2 is 2.00 bits per heavy atom. The first-order valence-electron chi connectivity index (χ1n) is 4.08. The Morgan fingerprint density at radius 1 is 1.36 bits per heavy atom. The van der Waals surface area contributed by atoms with Crippen molar-refractivity contribution in [2.75, 3.05) is 13.2 Å². The van der Waals surface area contributed by atoms with Gasteiger partial charge in [-0.25, -0.2) is 0 Å². The molecule has 2 heteroatoms. The van der Waals surface area contributed by atoms with Gasteiger partial charge in [-0.3, -0.25) is 0 Å². The lowest BCUT2D eigenvalue weighted by Gasteiger charge is -2.38. The zero-order valence-electron chi connectivity index (χ0n) is 7.17. The molecule has 64 valence electrons. The monoisotopic (exact) mass is 156 g/mol. The van der Waals surface area contributed by atoms with Gasteiger partial charge < -0.3 is 10.2 Å². The van der Waals surface area contributed by atoms with E-state index in [-0.39, 0.29) is 19.1 Å². The van der Waals surface area contributed by atoms with E-state index in [2.05, 4.69) is 13.8 Å². The Morgan fingerprint density at radius 3 is 2.36 bits per heavy atom. The lowest BCUT2D eigenvalue weighted by atomic mass is 9.68. The van der Waals surface area contributed by atoms with Crippen LogP contribution in [0.25, 0.3) is 0 Å². The van der Waals surface area contributed by atoms with Crippen molar-refractivity contribution in [2.45, 2.75) is 20.3 Å². The lowest BCUT2D eigenvalue weighted by molar-refractivity contribution is 0.0941. The summed E-state index contributed by atoms with van der Waals surface area (Å²) < 4.78 is 0. The minimum absolute atomic E-state index is 0.186. The minimum Gasteiger partial charge on any atom is -0.396 e. The molecule has 0 radical (unpaired) electrons. The number of rotatable bonds is 2. The van der Waals surface area contributed by atoms with Crippen LogP contribution in [0.5, 0.6) is 0 Å². The first-order valence-corrected chi connectivity index (χ1v) is 4.08. The van der Waals surface area contributed by atoms with Gasteiger partial charge in [-0.05, 0) is 26.2 Å². The third-order valence-electron chi connectivity index (χ3n) is 2.57. The molecule has 0 heterocycles. The van der Waals surface area contributed by atoms with E-state index in [1.807, 2.05) is 0 Å². The van der Waals surface area contributed by atoms with E-state index in [4.69, 9.17) is 10.2 Å². The quantitative estimate of drug-likeness (QED) is 0.584. The molecule has 1 fully saturated rings. The fourth-order valence-corrected chi connectivity index (χ4v) is 1.73. The second kappa shape index (κ2) is 3.37. The van der Waals surface area contributed by atoms with Crippen LogP contribution in [-0.4, -0.2) is 23.4 Å². The number of aliphatic hydroxyl groups excluding tert-OH is 2. The molecule has 1 rings (SSSR count). The molecule has 2 atom stereocenters. The van der Waals surface area contributed by atoms with Crippen LogP contribution < -0.4 is 0 Å². The maximum Gasteiger partial charge on any atom is 0.0500 e. The number of hydrogen-bond acceptors (Lipinski definition) is 2. The SMILES string of the molecule is CC(C)=C1C[C@H](CO)[C@H]1CO. The van der Waals surface area contributed by atoms with Gasteiger partial charge in [0, 0.05) is 19.1 Å². The summed E-state index contributed by atoms with van der Waals surface area (Å²) in [6.45, 7) is 4.52. The molecule has 0 aliphatic heterocycles. The fourth-order valence-electron chi connectivity index (χ4n) is 1.73. The third kappa shape index (κ3) is 1.47. The van der Waals surface area contributed by atoms with Gasteiger partial charge in [0.2, 0.25) is 0 Å². The van der Waals surface area contributed by atoms with Gasteiger partial charge >= 0.3 is 0 Å². The summed E-state index contributed by atoms with van der Waals surface area (Å²) in [5, 5.41) is 17.8. The molecule has 0 saturated heterocycles. The Labute approximate surface area is 67.6 Å². The highest BCUT2D eigenvalue weighted by atomic mass is 16.3. The van der Waals surface area contributed by atoms with Crippen molar-refractivity contribution >= 4 is 0 Å². The zero-order chi connectivity index (χ0) is 8.43. The minimum atomic E-state index is 0.186. The van der Waals surface area contributed by atoms with Crippen molar-refractivity contribution in [1.82, 2.24) is 0 Å². The topological polar surface area (TPSA) is 40.5 Å².